The van der Waals surface area contributed by atoms with E-state index in [9.17, 15) is 0 Å². The van der Waals surface area contributed by atoms with Gasteiger partial charge in [-0.3, -0.25) is 0 Å². The van der Waals surface area contributed by atoms with Crippen molar-refractivity contribution in [1.29, 1.82) is 0 Å². The highest BCUT2D eigenvalue weighted by atomic mass is 15.0. The molecule has 3 heteroatoms. The number of aromatic nitrogens is 1. The largest absolute Gasteiger partial charge is 0.370 e. The number of pyridine rings is 1. The van der Waals surface area contributed by atoms with E-state index in [1.165, 1.54) is 10.9 Å². The number of anilines is 1. The molecule has 2 aromatic rings. The molecule has 0 atom stereocenters. The average molecular weight is 271 g/mol. The van der Waals surface area contributed by atoms with Gasteiger partial charge in [-0.15, -0.1) is 0 Å². The van der Waals surface area contributed by atoms with Crippen molar-refractivity contribution < 1.29 is 0 Å². The lowest BCUT2D eigenvalue weighted by Gasteiger charge is -2.21. The van der Waals surface area contributed by atoms with Crippen LogP contribution in [0.2, 0.25) is 0 Å². The van der Waals surface area contributed by atoms with Crippen LogP contribution in [0, 0.1) is 0 Å². The maximum Gasteiger partial charge on any atom is 0.126 e. The highest BCUT2D eigenvalue weighted by molar-refractivity contribution is 5.84. The van der Waals surface area contributed by atoms with Crippen LogP contribution in [0.4, 0.5) is 5.82 Å². The fourth-order valence-electron chi connectivity index (χ4n) is 2.10. The van der Waals surface area contributed by atoms with E-state index in [1.54, 1.807) is 0 Å². The van der Waals surface area contributed by atoms with Crippen LogP contribution in [0.1, 0.15) is 39.7 Å². The molecule has 0 spiro atoms. The molecule has 2 rings (SSSR count). The van der Waals surface area contributed by atoms with Gasteiger partial charge in [0.05, 0.1) is 5.52 Å². The summed E-state index contributed by atoms with van der Waals surface area (Å²) in [5.41, 5.74) is 2.46. The van der Waals surface area contributed by atoms with E-state index in [1.807, 2.05) is 6.07 Å². The van der Waals surface area contributed by atoms with Crippen LogP contribution in [0.5, 0.6) is 0 Å². The molecule has 0 aliphatic heterocycles. The summed E-state index contributed by atoms with van der Waals surface area (Å²) in [4.78, 5) is 4.68. The smallest absolute Gasteiger partial charge is 0.126 e. The zero-order chi connectivity index (χ0) is 14.6. The molecular formula is C17H25N3. The Morgan fingerprint density at radius 2 is 1.90 bits per heavy atom. The summed E-state index contributed by atoms with van der Waals surface area (Å²) in [5.74, 6) is 0.969. The van der Waals surface area contributed by atoms with Crippen LogP contribution in [-0.4, -0.2) is 17.1 Å². The van der Waals surface area contributed by atoms with E-state index in [-0.39, 0.29) is 5.54 Å². The molecule has 20 heavy (non-hydrogen) atoms. The molecule has 0 radical (unpaired) electrons. The number of benzene rings is 1. The summed E-state index contributed by atoms with van der Waals surface area (Å²) < 4.78 is 0. The number of nitrogens with one attached hydrogen (secondary N) is 2. The quantitative estimate of drug-likeness (QED) is 0.864. The molecule has 1 aromatic carbocycles. The molecule has 2 N–H and O–H groups in total. The van der Waals surface area contributed by atoms with Crippen LogP contribution in [0.3, 0.4) is 0 Å². The first-order valence-corrected chi connectivity index (χ1v) is 7.37. The molecule has 1 aromatic heterocycles. The maximum atomic E-state index is 4.68. The van der Waals surface area contributed by atoms with Crippen LogP contribution >= 0.6 is 0 Å². The minimum atomic E-state index is 0.112. The fraction of sp³-hybridized carbons (Fsp3) is 0.471. The highest BCUT2D eigenvalue weighted by Crippen LogP contribution is 2.21. The normalized spacial score (nSPS) is 11.8. The molecule has 1 heterocycles. The summed E-state index contributed by atoms with van der Waals surface area (Å²) in [7, 11) is 0. The number of para-hydroxylation sites is 1. The summed E-state index contributed by atoms with van der Waals surface area (Å²) in [6, 6.07) is 10.5. The third-order valence-electron chi connectivity index (χ3n) is 3.17. The monoisotopic (exact) mass is 271 g/mol. The zero-order valence-electron chi connectivity index (χ0n) is 13.0. The minimum Gasteiger partial charge on any atom is -0.370 e. The summed E-state index contributed by atoms with van der Waals surface area (Å²) in [6.45, 7) is 10.5. The number of fused-ring (bicyclic) bond motifs is 1. The number of nitrogens with zero attached hydrogens (tertiary/aromatic N) is 1. The van der Waals surface area contributed by atoms with Crippen LogP contribution in [0.25, 0.3) is 10.9 Å². The Labute approximate surface area is 121 Å². The summed E-state index contributed by atoms with van der Waals surface area (Å²) in [6.07, 6.45) is 1.10. The molecular weight excluding hydrogens is 246 g/mol. The van der Waals surface area contributed by atoms with E-state index in [0.29, 0.717) is 0 Å². The Balaban J connectivity index is 2.33. The molecule has 0 saturated heterocycles. The van der Waals surface area contributed by atoms with Crippen LogP contribution < -0.4 is 10.6 Å². The second-order valence-electron chi connectivity index (χ2n) is 6.21. The van der Waals surface area contributed by atoms with Gasteiger partial charge in [0.2, 0.25) is 0 Å². The minimum absolute atomic E-state index is 0.112. The summed E-state index contributed by atoms with van der Waals surface area (Å²) >= 11 is 0. The predicted octanol–water partition coefficient (Wildman–Crippen LogP) is 3.94. The van der Waals surface area contributed by atoms with Crippen molar-refractivity contribution in [3.8, 4) is 0 Å². The van der Waals surface area contributed by atoms with Gasteiger partial charge in [0.25, 0.3) is 0 Å². The first-order valence-electron chi connectivity index (χ1n) is 7.37. The molecule has 0 aliphatic carbocycles. The number of hydrogen-bond acceptors (Lipinski definition) is 3. The lowest BCUT2D eigenvalue weighted by Crippen LogP contribution is -2.35. The van der Waals surface area contributed by atoms with Crippen molar-refractivity contribution >= 4 is 16.7 Å². The van der Waals surface area contributed by atoms with Gasteiger partial charge in [-0.1, -0.05) is 25.1 Å². The van der Waals surface area contributed by atoms with Gasteiger partial charge < -0.3 is 10.6 Å². The lowest BCUT2D eigenvalue weighted by atomic mass is 10.1. The van der Waals surface area contributed by atoms with E-state index in [2.05, 4.69) is 67.6 Å². The van der Waals surface area contributed by atoms with E-state index < -0.39 is 0 Å². The third-order valence-corrected chi connectivity index (χ3v) is 3.17. The molecule has 0 amide bonds. The van der Waals surface area contributed by atoms with Gasteiger partial charge in [0.15, 0.2) is 0 Å². The SMILES string of the molecule is CCCNc1cc(CNC(C)(C)C)c2ccccc2n1. The Hall–Kier alpha value is -1.61. The zero-order valence-corrected chi connectivity index (χ0v) is 13.0. The average Bonchev–Trinajstić information content (AvgIpc) is 2.41. The van der Waals surface area contributed by atoms with Crippen LogP contribution in [0.15, 0.2) is 30.3 Å². The number of rotatable bonds is 5. The van der Waals surface area contributed by atoms with Crippen molar-refractivity contribution in [3.05, 3.63) is 35.9 Å². The first-order chi connectivity index (χ1) is 9.49. The van der Waals surface area contributed by atoms with Crippen LogP contribution in [-0.2, 0) is 6.54 Å². The van der Waals surface area contributed by atoms with Gasteiger partial charge in [0, 0.05) is 24.0 Å². The molecule has 0 aliphatic rings. The first kappa shape index (κ1) is 14.8. The van der Waals surface area contributed by atoms with Gasteiger partial charge in [0.1, 0.15) is 5.82 Å². The predicted molar refractivity (Wildman–Crippen MR) is 87.1 cm³/mol. The number of hydrogen-bond donors (Lipinski definition) is 2. The topological polar surface area (TPSA) is 37.0 Å². The Morgan fingerprint density at radius 3 is 2.60 bits per heavy atom. The van der Waals surface area contributed by atoms with Crippen molar-refractivity contribution in [3.63, 3.8) is 0 Å². The third kappa shape index (κ3) is 3.94. The van der Waals surface area contributed by atoms with E-state index in [4.69, 9.17) is 0 Å². The van der Waals surface area contributed by atoms with Gasteiger partial charge in [-0.2, -0.15) is 0 Å². The maximum absolute atomic E-state index is 4.68. The summed E-state index contributed by atoms with van der Waals surface area (Å²) in [5, 5.41) is 8.17. The van der Waals surface area contributed by atoms with Crippen molar-refractivity contribution in [2.24, 2.45) is 0 Å². The van der Waals surface area contributed by atoms with E-state index >= 15 is 0 Å². The fourth-order valence-corrected chi connectivity index (χ4v) is 2.10. The molecule has 0 fully saturated rings. The molecule has 0 bridgehead atoms. The van der Waals surface area contributed by atoms with Crippen molar-refractivity contribution in [1.82, 2.24) is 10.3 Å². The Bertz CT molecular complexity index is 570. The highest BCUT2D eigenvalue weighted by Gasteiger charge is 2.11. The molecule has 0 unspecified atom stereocenters. The van der Waals surface area contributed by atoms with Gasteiger partial charge >= 0.3 is 0 Å². The van der Waals surface area contributed by atoms with Crippen molar-refractivity contribution in [2.75, 3.05) is 11.9 Å². The standard InChI is InChI=1S/C17H25N3/c1-5-10-18-16-11-13(12-19-17(2,3)4)14-8-6-7-9-15(14)20-16/h6-9,11,19H,5,10,12H2,1-4H3,(H,18,20). The van der Waals surface area contributed by atoms with Gasteiger partial charge in [-0.25, -0.2) is 4.98 Å². The second kappa shape index (κ2) is 6.23. The van der Waals surface area contributed by atoms with Crippen molar-refractivity contribution in [2.45, 2.75) is 46.2 Å². The Morgan fingerprint density at radius 1 is 1.15 bits per heavy atom. The molecule has 0 saturated carbocycles. The molecule has 108 valence electrons. The lowest BCUT2D eigenvalue weighted by molar-refractivity contribution is 0.425. The Kier molecular flexibility index (Phi) is 4.61. The second-order valence-corrected chi connectivity index (χ2v) is 6.21. The molecule has 3 nitrogen and oxygen atoms in total. The van der Waals surface area contributed by atoms with Gasteiger partial charge in [-0.05, 0) is 44.9 Å². The van der Waals surface area contributed by atoms with E-state index in [0.717, 1.165) is 30.8 Å².